The van der Waals surface area contributed by atoms with Crippen molar-refractivity contribution >= 4 is 11.7 Å². The van der Waals surface area contributed by atoms with E-state index in [-0.39, 0.29) is 12.7 Å². The highest BCUT2D eigenvalue weighted by molar-refractivity contribution is 5.72. The first-order chi connectivity index (χ1) is 9.64. The first-order valence-corrected chi connectivity index (χ1v) is 5.39. The van der Waals surface area contributed by atoms with Gasteiger partial charge >= 0.3 is 23.9 Å². The number of carbonyl (C=O) groups excluding carboxylic acids is 1. The third-order valence-corrected chi connectivity index (χ3v) is 2.02. The Kier molecular flexibility index (Phi) is 5.00. The summed E-state index contributed by atoms with van der Waals surface area (Å²) in [5, 5.41) is 10.6. The molecule has 0 aromatic carbocycles. The van der Waals surface area contributed by atoms with Crippen LogP contribution in [0.3, 0.4) is 0 Å². The van der Waals surface area contributed by atoms with Gasteiger partial charge in [0.25, 0.3) is 0 Å². The number of hydrogen-bond acceptors (Lipinski definition) is 6. The van der Waals surface area contributed by atoms with Crippen LogP contribution in [-0.2, 0) is 16.0 Å². The van der Waals surface area contributed by atoms with Gasteiger partial charge in [0.1, 0.15) is 0 Å². The quantitative estimate of drug-likeness (QED) is 0.358. The van der Waals surface area contributed by atoms with Gasteiger partial charge < -0.3 is 9.47 Å². The summed E-state index contributed by atoms with van der Waals surface area (Å²) in [5.41, 5.74) is -2.06. The molecule has 0 saturated heterocycles. The number of nitrogens with zero attached hydrogens (tertiary/aromatic N) is 2. The van der Waals surface area contributed by atoms with E-state index in [2.05, 4.69) is 14.5 Å². The van der Waals surface area contributed by atoms with Gasteiger partial charge in [0.15, 0.2) is 5.82 Å². The van der Waals surface area contributed by atoms with Crippen LogP contribution in [0.1, 0.15) is 12.6 Å². The van der Waals surface area contributed by atoms with Gasteiger partial charge in [-0.05, 0) is 6.92 Å². The second kappa shape index (κ2) is 6.33. The minimum Gasteiger partial charge on any atom is -0.466 e. The molecule has 0 aliphatic rings. The molecule has 0 spiro atoms. The highest BCUT2D eigenvalue weighted by Crippen LogP contribution is 2.31. The normalized spacial score (nSPS) is 11.1. The predicted octanol–water partition coefficient (Wildman–Crippen LogP) is 2.13. The Bertz CT molecular complexity index is 561. The minimum absolute atomic E-state index is 0.0284. The number of halogens is 4. The maximum Gasteiger partial charge on any atom is 0.574 e. The monoisotopic (exact) mass is 312 g/mol. The topological polar surface area (TPSA) is 91.6 Å². The van der Waals surface area contributed by atoms with Crippen molar-refractivity contribution in [2.45, 2.75) is 19.7 Å². The van der Waals surface area contributed by atoms with Crippen molar-refractivity contribution in [3.63, 3.8) is 0 Å². The summed E-state index contributed by atoms with van der Waals surface area (Å²) >= 11 is 0. The fraction of sp³-hybridized carbons (Fsp3) is 0.400. The zero-order valence-electron chi connectivity index (χ0n) is 10.4. The molecule has 0 bridgehead atoms. The Morgan fingerprint density at radius 1 is 1.48 bits per heavy atom. The molecule has 0 atom stereocenters. The highest BCUT2D eigenvalue weighted by atomic mass is 19.4. The average molecular weight is 312 g/mol. The molecule has 0 amide bonds. The van der Waals surface area contributed by atoms with Crippen LogP contribution in [0.2, 0.25) is 0 Å². The lowest BCUT2D eigenvalue weighted by atomic mass is 10.2. The van der Waals surface area contributed by atoms with Crippen molar-refractivity contribution in [3.8, 4) is 5.88 Å². The summed E-state index contributed by atoms with van der Waals surface area (Å²) in [7, 11) is 0. The van der Waals surface area contributed by atoms with E-state index in [0.717, 1.165) is 0 Å². The number of alkyl halides is 3. The number of rotatable bonds is 5. The fourth-order valence-electron chi connectivity index (χ4n) is 1.29. The van der Waals surface area contributed by atoms with Crippen molar-refractivity contribution < 1.29 is 36.8 Å². The summed E-state index contributed by atoms with van der Waals surface area (Å²) < 4.78 is 57.7. The van der Waals surface area contributed by atoms with Crippen LogP contribution in [0.4, 0.5) is 23.2 Å². The molecule has 0 N–H and O–H groups in total. The maximum absolute atomic E-state index is 13.5. The van der Waals surface area contributed by atoms with Crippen LogP contribution in [0, 0.1) is 15.9 Å². The second-order valence-corrected chi connectivity index (χ2v) is 3.53. The molecule has 1 rings (SSSR count). The largest absolute Gasteiger partial charge is 0.574 e. The number of carbonyl (C=O) groups is 1. The van der Waals surface area contributed by atoms with Gasteiger partial charge in [0.2, 0.25) is 0 Å². The molecule has 0 aliphatic heterocycles. The van der Waals surface area contributed by atoms with Crippen LogP contribution in [0.15, 0.2) is 6.07 Å². The summed E-state index contributed by atoms with van der Waals surface area (Å²) in [6, 6.07) is 0.197. The van der Waals surface area contributed by atoms with Gasteiger partial charge in [-0.1, -0.05) is 0 Å². The third-order valence-electron chi connectivity index (χ3n) is 2.02. The van der Waals surface area contributed by atoms with E-state index in [4.69, 9.17) is 0 Å². The van der Waals surface area contributed by atoms with Gasteiger partial charge in [-0.25, -0.2) is 9.37 Å². The number of nitro groups is 1. The molecule has 0 unspecified atom stereocenters. The molecule has 0 fully saturated rings. The predicted molar refractivity (Wildman–Crippen MR) is 57.9 cm³/mol. The summed E-state index contributed by atoms with van der Waals surface area (Å²) in [6.07, 6.45) is -6.04. The lowest BCUT2D eigenvalue weighted by molar-refractivity contribution is -0.389. The van der Waals surface area contributed by atoms with Gasteiger partial charge in [-0.15, -0.1) is 13.2 Å². The van der Waals surface area contributed by atoms with E-state index in [0.29, 0.717) is 0 Å². The molecule has 21 heavy (non-hydrogen) atoms. The van der Waals surface area contributed by atoms with E-state index in [1.165, 1.54) is 6.92 Å². The van der Waals surface area contributed by atoms with E-state index in [1.54, 1.807) is 0 Å². The first-order valence-electron chi connectivity index (χ1n) is 5.39. The Morgan fingerprint density at radius 3 is 2.57 bits per heavy atom. The summed E-state index contributed by atoms with van der Waals surface area (Å²) in [6.45, 7) is 1.44. The Morgan fingerprint density at radius 2 is 2.10 bits per heavy atom. The lowest BCUT2D eigenvalue weighted by Crippen LogP contribution is -2.20. The van der Waals surface area contributed by atoms with Crippen LogP contribution < -0.4 is 4.74 Å². The van der Waals surface area contributed by atoms with Crippen molar-refractivity contribution in [3.05, 3.63) is 27.7 Å². The molecular weight excluding hydrogens is 304 g/mol. The van der Waals surface area contributed by atoms with Crippen LogP contribution >= 0.6 is 0 Å². The number of esters is 1. The Hall–Kier alpha value is -2.46. The Balaban J connectivity index is 3.20. The van der Waals surface area contributed by atoms with E-state index in [1.807, 2.05) is 0 Å². The zero-order chi connectivity index (χ0) is 16.2. The SMILES string of the molecule is CCOC(=O)Cc1nc(OC(F)(F)F)c([N+](=O)[O-])cc1F. The van der Waals surface area contributed by atoms with E-state index in [9.17, 15) is 32.5 Å². The summed E-state index contributed by atoms with van der Waals surface area (Å²) in [4.78, 5) is 23.5. The minimum atomic E-state index is -5.25. The molecule has 0 saturated carbocycles. The molecule has 1 aromatic heterocycles. The Labute approximate surface area is 114 Å². The fourth-order valence-corrected chi connectivity index (χ4v) is 1.29. The van der Waals surface area contributed by atoms with Crippen molar-refractivity contribution in [1.82, 2.24) is 4.98 Å². The molecule has 116 valence electrons. The first kappa shape index (κ1) is 16.6. The number of pyridine rings is 1. The van der Waals surface area contributed by atoms with Gasteiger partial charge in [-0.3, -0.25) is 14.9 Å². The van der Waals surface area contributed by atoms with Crippen LogP contribution in [-0.4, -0.2) is 28.8 Å². The molecule has 1 heterocycles. The lowest BCUT2D eigenvalue weighted by Gasteiger charge is -2.10. The van der Waals surface area contributed by atoms with Gasteiger partial charge in [0.05, 0.1) is 29.7 Å². The molecule has 7 nitrogen and oxygen atoms in total. The smallest absolute Gasteiger partial charge is 0.466 e. The van der Waals surface area contributed by atoms with Gasteiger partial charge in [-0.2, -0.15) is 0 Å². The molecular formula is C10H8F4N2O5. The number of ether oxygens (including phenoxy) is 2. The van der Waals surface area contributed by atoms with Crippen LogP contribution in [0.25, 0.3) is 0 Å². The number of aromatic nitrogens is 1. The third kappa shape index (κ3) is 4.85. The summed E-state index contributed by atoms with van der Waals surface area (Å²) in [5.74, 6) is -3.71. The molecule has 1 aromatic rings. The second-order valence-electron chi connectivity index (χ2n) is 3.53. The van der Waals surface area contributed by atoms with E-state index < -0.39 is 46.8 Å². The number of hydrogen-bond donors (Lipinski definition) is 0. The zero-order valence-corrected chi connectivity index (χ0v) is 10.4. The molecule has 11 heteroatoms. The van der Waals surface area contributed by atoms with Crippen molar-refractivity contribution in [2.75, 3.05) is 6.61 Å². The standard InChI is InChI=1S/C10H8F4N2O5/c1-2-20-8(17)4-6-5(11)3-7(16(18)19)9(15-6)21-10(12,13)14/h3H,2,4H2,1H3. The van der Waals surface area contributed by atoms with Crippen LogP contribution in [0.5, 0.6) is 5.88 Å². The van der Waals surface area contributed by atoms with Crippen molar-refractivity contribution in [2.24, 2.45) is 0 Å². The van der Waals surface area contributed by atoms with E-state index >= 15 is 0 Å². The molecule has 0 radical (unpaired) electrons. The molecule has 0 aliphatic carbocycles. The van der Waals surface area contributed by atoms with Crippen molar-refractivity contribution in [1.29, 1.82) is 0 Å². The maximum atomic E-state index is 13.5. The highest BCUT2D eigenvalue weighted by Gasteiger charge is 2.36. The van der Waals surface area contributed by atoms with Gasteiger partial charge in [0, 0.05) is 0 Å². The average Bonchev–Trinajstić information content (AvgIpc) is 2.31.